The molecule has 0 spiro atoms. The minimum atomic E-state index is 0.629. The first-order valence-electron chi connectivity index (χ1n) is 5.75. The van der Waals surface area contributed by atoms with Gasteiger partial charge in [-0.05, 0) is 24.3 Å². The second-order valence-corrected chi connectivity index (χ2v) is 9.43. The number of hydrogen-bond donors (Lipinski definition) is 0. The van der Waals surface area contributed by atoms with Gasteiger partial charge in [-0.1, -0.05) is 24.3 Å². The van der Waals surface area contributed by atoms with E-state index in [2.05, 4.69) is 48.5 Å². The fourth-order valence-electron chi connectivity index (χ4n) is 2.06. The zero-order valence-electron chi connectivity index (χ0n) is 9.41. The zero-order valence-corrected chi connectivity index (χ0v) is 12.7. The first-order chi connectivity index (χ1) is 8.90. The molecule has 2 aromatic rings. The third-order valence-electron chi connectivity index (χ3n) is 2.89. The molecule has 0 nitrogen and oxygen atoms in total. The molecular weight excluding hydrogens is 294 g/mol. The van der Waals surface area contributed by atoms with Crippen LogP contribution in [0, 0.1) is 0 Å². The standard InChI is InChI=1S/C12H8B2S4/c1-2-6-10-9(5-1)15-13(16-10)14-17-11-7-3-4-8-12(11)18-14/h1-8H. The molecule has 0 radical (unpaired) electrons. The number of benzene rings is 2. The average Bonchev–Trinajstić information content (AvgIpc) is 3.02. The van der Waals surface area contributed by atoms with E-state index in [1.54, 1.807) is 0 Å². The van der Waals surface area contributed by atoms with Crippen LogP contribution in [0.4, 0.5) is 0 Å². The second-order valence-electron chi connectivity index (χ2n) is 4.10. The van der Waals surface area contributed by atoms with E-state index in [1.807, 2.05) is 46.5 Å². The molecule has 2 heterocycles. The van der Waals surface area contributed by atoms with Crippen molar-refractivity contribution in [2.45, 2.75) is 19.6 Å². The molecule has 0 N–H and O–H groups in total. The van der Waals surface area contributed by atoms with Crippen LogP contribution in [-0.2, 0) is 0 Å². The highest BCUT2D eigenvalue weighted by molar-refractivity contribution is 8.78. The summed E-state index contributed by atoms with van der Waals surface area (Å²) in [6.45, 7) is 0. The van der Waals surface area contributed by atoms with Gasteiger partial charge in [0.2, 0.25) is 0 Å². The van der Waals surface area contributed by atoms with E-state index in [1.165, 1.54) is 19.6 Å². The first kappa shape index (κ1) is 11.8. The Morgan fingerprint density at radius 1 is 0.500 bits per heavy atom. The normalized spacial score (nSPS) is 16.9. The van der Waals surface area contributed by atoms with Gasteiger partial charge in [0.15, 0.2) is 0 Å². The molecule has 0 atom stereocenters. The average molecular weight is 302 g/mol. The molecule has 4 rings (SSSR count). The van der Waals surface area contributed by atoms with Crippen LogP contribution in [0.15, 0.2) is 68.1 Å². The van der Waals surface area contributed by atoms with Crippen molar-refractivity contribution in [2.24, 2.45) is 0 Å². The maximum atomic E-state index is 2.24. The van der Waals surface area contributed by atoms with Crippen LogP contribution in [0.1, 0.15) is 0 Å². The first-order valence-corrected chi connectivity index (χ1v) is 9.27. The zero-order chi connectivity index (χ0) is 11.9. The van der Waals surface area contributed by atoms with Gasteiger partial charge in [0.05, 0.1) is 0 Å². The fourth-order valence-corrected chi connectivity index (χ4v) is 8.41. The topological polar surface area (TPSA) is 0 Å². The van der Waals surface area contributed by atoms with E-state index < -0.39 is 0 Å². The fraction of sp³-hybridized carbons (Fsp3) is 0. The summed E-state index contributed by atoms with van der Waals surface area (Å²) in [6, 6.07) is 17.5. The minimum absolute atomic E-state index is 0.629. The molecule has 0 saturated carbocycles. The molecule has 0 aromatic heterocycles. The molecule has 0 unspecified atom stereocenters. The van der Waals surface area contributed by atoms with E-state index in [0.29, 0.717) is 10.3 Å². The summed E-state index contributed by atoms with van der Waals surface area (Å²) in [7, 11) is 0. The summed E-state index contributed by atoms with van der Waals surface area (Å²) in [4.78, 5) is 5.80. The third-order valence-corrected chi connectivity index (χ3v) is 9.45. The SMILES string of the molecule is c1ccc2c(c1)SB(B1Sc3ccccc3S1)S2. The van der Waals surface area contributed by atoms with Crippen LogP contribution in [-0.4, -0.2) is 10.3 Å². The predicted octanol–water partition coefficient (Wildman–Crippen LogP) is 4.84. The Hall–Kier alpha value is -0.0301. The molecule has 0 amide bonds. The van der Waals surface area contributed by atoms with Gasteiger partial charge in [-0.15, -0.1) is 0 Å². The Balaban J connectivity index is 1.56. The molecular formula is C12H8B2S4. The Labute approximate surface area is 124 Å². The molecule has 0 aliphatic carbocycles. The van der Waals surface area contributed by atoms with Gasteiger partial charge < -0.3 is 0 Å². The van der Waals surface area contributed by atoms with Crippen LogP contribution in [0.5, 0.6) is 0 Å². The molecule has 18 heavy (non-hydrogen) atoms. The van der Waals surface area contributed by atoms with Gasteiger partial charge in [0.1, 0.15) is 0 Å². The van der Waals surface area contributed by atoms with E-state index in [0.717, 1.165) is 0 Å². The van der Waals surface area contributed by atoms with Crippen molar-refractivity contribution < 1.29 is 0 Å². The van der Waals surface area contributed by atoms with Crippen molar-refractivity contribution >= 4 is 56.8 Å². The van der Waals surface area contributed by atoms with Crippen LogP contribution < -0.4 is 0 Å². The van der Waals surface area contributed by atoms with Crippen molar-refractivity contribution in [1.29, 1.82) is 0 Å². The van der Waals surface area contributed by atoms with E-state index in [9.17, 15) is 0 Å². The summed E-state index contributed by atoms with van der Waals surface area (Å²) in [6.07, 6.45) is 0. The van der Waals surface area contributed by atoms with Crippen molar-refractivity contribution in [2.75, 3.05) is 0 Å². The highest BCUT2D eigenvalue weighted by Gasteiger charge is 2.42. The van der Waals surface area contributed by atoms with Gasteiger partial charge in [-0.3, -0.25) is 0 Å². The molecule has 0 fully saturated rings. The van der Waals surface area contributed by atoms with E-state index in [4.69, 9.17) is 0 Å². The molecule has 2 aromatic carbocycles. The molecule has 2 aliphatic rings. The monoisotopic (exact) mass is 302 g/mol. The molecule has 0 bridgehead atoms. The summed E-state index contributed by atoms with van der Waals surface area (Å²) in [5.41, 5.74) is 0. The number of hydrogen-bond acceptors (Lipinski definition) is 4. The van der Waals surface area contributed by atoms with Crippen molar-refractivity contribution in [3.8, 4) is 0 Å². The minimum Gasteiger partial charge on any atom is -0.166 e. The lowest BCUT2D eigenvalue weighted by Gasteiger charge is -2.06. The Morgan fingerprint density at radius 2 is 0.778 bits per heavy atom. The lowest BCUT2D eigenvalue weighted by atomic mass is 9.72. The van der Waals surface area contributed by atoms with Gasteiger partial charge >= 0.3 is 0 Å². The Bertz CT molecular complexity index is 501. The van der Waals surface area contributed by atoms with E-state index in [-0.39, 0.29) is 0 Å². The quantitative estimate of drug-likeness (QED) is 0.691. The van der Waals surface area contributed by atoms with Crippen molar-refractivity contribution in [3.05, 3.63) is 48.5 Å². The molecule has 2 aliphatic heterocycles. The highest BCUT2D eigenvalue weighted by atomic mass is 32.2. The Morgan fingerprint density at radius 3 is 1.06 bits per heavy atom. The van der Waals surface area contributed by atoms with Gasteiger partial charge in [0.25, 0.3) is 10.3 Å². The summed E-state index contributed by atoms with van der Waals surface area (Å²) >= 11 is 8.10. The second kappa shape index (κ2) is 4.82. The predicted molar refractivity (Wildman–Crippen MR) is 87.8 cm³/mol. The maximum absolute atomic E-state index is 2.24. The summed E-state index contributed by atoms with van der Waals surface area (Å²) in [5.74, 6) is 0. The lowest BCUT2D eigenvalue weighted by Crippen LogP contribution is -2.18. The number of fused-ring (bicyclic) bond motifs is 2. The van der Waals surface area contributed by atoms with Crippen molar-refractivity contribution in [1.82, 2.24) is 0 Å². The third kappa shape index (κ3) is 2.03. The van der Waals surface area contributed by atoms with Crippen LogP contribution in [0.25, 0.3) is 0 Å². The van der Waals surface area contributed by atoms with Gasteiger partial charge in [-0.25, -0.2) is 0 Å². The van der Waals surface area contributed by atoms with Crippen molar-refractivity contribution in [3.63, 3.8) is 0 Å². The van der Waals surface area contributed by atoms with Crippen LogP contribution in [0.3, 0.4) is 0 Å². The van der Waals surface area contributed by atoms with Crippen LogP contribution >= 0.6 is 46.5 Å². The van der Waals surface area contributed by atoms with Crippen LogP contribution in [0.2, 0.25) is 0 Å². The largest absolute Gasteiger partial charge is 0.281 e. The van der Waals surface area contributed by atoms with E-state index >= 15 is 0 Å². The smallest absolute Gasteiger partial charge is 0.166 e. The molecule has 86 valence electrons. The van der Waals surface area contributed by atoms with Gasteiger partial charge in [0, 0.05) is 19.6 Å². The molecule has 6 heteroatoms. The van der Waals surface area contributed by atoms with Gasteiger partial charge in [-0.2, -0.15) is 46.5 Å². The number of rotatable bonds is 1. The summed E-state index contributed by atoms with van der Waals surface area (Å²) in [5, 5.41) is 1.26. The highest BCUT2D eigenvalue weighted by Crippen LogP contribution is 2.55. The molecule has 0 saturated heterocycles. The summed E-state index contributed by atoms with van der Waals surface area (Å²) < 4.78 is 0. The lowest BCUT2D eigenvalue weighted by molar-refractivity contribution is 1.27. The Kier molecular flexibility index (Phi) is 3.15. The maximum Gasteiger partial charge on any atom is 0.281 e.